The summed E-state index contributed by atoms with van der Waals surface area (Å²) >= 11 is 0. The molecule has 70 valence electrons. The number of nitrogens with one attached hydrogen (secondary N) is 1. The number of hydrogen-bond acceptors (Lipinski definition) is 3. The Balaban J connectivity index is 4.58. The first-order valence-corrected chi connectivity index (χ1v) is 4.21. The van der Waals surface area contributed by atoms with Crippen molar-refractivity contribution < 1.29 is 34.2 Å². The average Bonchev–Trinajstić information content (AvgIpc) is 1.79. The molecule has 0 aliphatic carbocycles. The molecule has 0 aliphatic rings. The second kappa shape index (κ2) is 3.53. The third kappa shape index (κ3) is 3.33. The quantitative estimate of drug-likeness (QED) is 0.360. The molecule has 1 unspecified atom stereocenters. The molecule has 0 saturated carbocycles. The summed E-state index contributed by atoms with van der Waals surface area (Å²) in [7, 11) is -4.98. The lowest BCUT2D eigenvalue weighted by atomic mass is 10.6. The molecule has 1 atom stereocenters. The molecule has 1 amide bonds. The number of carboxylic acid groups (broad SMARTS) is 2. The van der Waals surface area contributed by atoms with Crippen molar-refractivity contribution in [1.29, 1.82) is 0 Å². The molecular formula is C3H6NO7P. The van der Waals surface area contributed by atoms with E-state index in [4.69, 9.17) is 20.0 Å². The topological polar surface area (TPSA) is 144 Å². The summed E-state index contributed by atoms with van der Waals surface area (Å²) in [5.74, 6) is -4.33. The molecular weight excluding hydrogens is 193 g/mol. The van der Waals surface area contributed by atoms with Gasteiger partial charge in [-0.3, -0.25) is 9.88 Å². The van der Waals surface area contributed by atoms with Crippen LogP contribution in [0.3, 0.4) is 0 Å². The number of carboxylic acids is 1. The minimum Gasteiger partial charge on any atom is -0.479 e. The van der Waals surface area contributed by atoms with E-state index >= 15 is 0 Å². The van der Waals surface area contributed by atoms with Gasteiger partial charge >= 0.3 is 19.7 Å². The lowest BCUT2D eigenvalue weighted by Gasteiger charge is -2.12. The molecule has 0 bridgehead atoms. The van der Waals surface area contributed by atoms with Gasteiger partial charge in [-0.15, -0.1) is 0 Å². The van der Waals surface area contributed by atoms with E-state index in [0.29, 0.717) is 0 Å². The van der Waals surface area contributed by atoms with Gasteiger partial charge in [0.2, 0.25) is 5.78 Å². The lowest BCUT2D eigenvalue weighted by Crippen LogP contribution is -2.39. The van der Waals surface area contributed by atoms with Crippen LogP contribution in [-0.2, 0) is 9.36 Å². The van der Waals surface area contributed by atoms with E-state index in [1.165, 1.54) is 5.32 Å². The fraction of sp³-hybridized carbons (Fsp3) is 0.333. The number of hydrogen-bond donors (Lipinski definition) is 5. The molecule has 0 spiro atoms. The zero-order valence-electron chi connectivity index (χ0n) is 5.54. The highest BCUT2D eigenvalue weighted by Crippen LogP contribution is 2.39. The Morgan fingerprint density at radius 2 is 1.67 bits per heavy atom. The van der Waals surface area contributed by atoms with Gasteiger partial charge in [0.15, 0.2) is 0 Å². The molecule has 0 fully saturated rings. The van der Waals surface area contributed by atoms with E-state index in [1.54, 1.807) is 0 Å². The molecule has 0 saturated heterocycles. The first-order valence-electron chi connectivity index (χ1n) is 2.52. The van der Waals surface area contributed by atoms with Crippen molar-refractivity contribution >= 4 is 19.7 Å². The van der Waals surface area contributed by atoms with Crippen molar-refractivity contribution in [1.82, 2.24) is 5.32 Å². The average molecular weight is 199 g/mol. The fourth-order valence-electron chi connectivity index (χ4n) is 0.407. The molecule has 0 aromatic heterocycles. The zero-order valence-corrected chi connectivity index (χ0v) is 6.43. The molecule has 0 aromatic carbocycles. The maximum Gasteiger partial charge on any atom is 0.405 e. The largest absolute Gasteiger partial charge is 0.479 e. The van der Waals surface area contributed by atoms with Crippen LogP contribution in [0.1, 0.15) is 0 Å². The molecule has 0 aromatic rings. The number of amides is 1. The molecule has 0 rings (SSSR count). The van der Waals surface area contributed by atoms with Gasteiger partial charge < -0.3 is 20.0 Å². The lowest BCUT2D eigenvalue weighted by molar-refractivity contribution is -0.137. The molecule has 5 N–H and O–H groups in total. The van der Waals surface area contributed by atoms with Gasteiger partial charge in [-0.1, -0.05) is 0 Å². The van der Waals surface area contributed by atoms with Gasteiger partial charge in [0, 0.05) is 0 Å². The van der Waals surface area contributed by atoms with Gasteiger partial charge in [0.1, 0.15) is 0 Å². The van der Waals surface area contributed by atoms with E-state index in [0.717, 1.165) is 0 Å². The summed E-state index contributed by atoms with van der Waals surface area (Å²) in [5.41, 5.74) is 0. The van der Waals surface area contributed by atoms with Crippen molar-refractivity contribution in [3.05, 3.63) is 0 Å². The summed E-state index contributed by atoms with van der Waals surface area (Å²) < 4.78 is 10.3. The van der Waals surface area contributed by atoms with Crippen LogP contribution in [-0.4, -0.2) is 37.8 Å². The minimum absolute atomic E-state index is 1.17. The minimum atomic E-state index is -4.98. The van der Waals surface area contributed by atoms with Crippen molar-refractivity contribution in [2.75, 3.05) is 0 Å². The zero-order chi connectivity index (χ0) is 9.94. The van der Waals surface area contributed by atoms with Gasteiger partial charge in [-0.2, -0.15) is 0 Å². The van der Waals surface area contributed by atoms with E-state index in [9.17, 15) is 14.2 Å². The van der Waals surface area contributed by atoms with Crippen LogP contribution in [0.4, 0.5) is 4.79 Å². The Hall–Kier alpha value is -1.11. The van der Waals surface area contributed by atoms with Crippen molar-refractivity contribution in [2.45, 2.75) is 5.78 Å². The Morgan fingerprint density at radius 3 is 1.75 bits per heavy atom. The van der Waals surface area contributed by atoms with Crippen molar-refractivity contribution in [3.8, 4) is 0 Å². The van der Waals surface area contributed by atoms with E-state index in [1.807, 2.05) is 0 Å². The summed E-state index contributed by atoms with van der Waals surface area (Å²) in [4.78, 5) is 36.5. The fourth-order valence-corrected chi connectivity index (χ4v) is 0.973. The number of rotatable bonds is 3. The standard InChI is InChI=1S/C3H6NO7P/c5-2(6)1(4-3(7)8)12(9,10)11/h1,4H,(H,5,6)(H,7,8)(H2,9,10,11). The summed E-state index contributed by atoms with van der Waals surface area (Å²) in [6.45, 7) is 0. The van der Waals surface area contributed by atoms with Crippen molar-refractivity contribution in [2.24, 2.45) is 0 Å². The van der Waals surface area contributed by atoms with E-state index in [-0.39, 0.29) is 0 Å². The van der Waals surface area contributed by atoms with Crippen LogP contribution in [0, 0.1) is 0 Å². The third-order valence-corrected chi connectivity index (χ3v) is 1.85. The normalized spacial score (nSPS) is 13.5. The van der Waals surface area contributed by atoms with Crippen LogP contribution in [0.25, 0.3) is 0 Å². The predicted molar refractivity (Wildman–Crippen MR) is 34.6 cm³/mol. The first kappa shape index (κ1) is 10.9. The van der Waals surface area contributed by atoms with Crippen LogP contribution >= 0.6 is 7.60 Å². The Kier molecular flexibility index (Phi) is 3.20. The van der Waals surface area contributed by atoms with Gasteiger partial charge in [0.05, 0.1) is 0 Å². The van der Waals surface area contributed by atoms with E-state index in [2.05, 4.69) is 0 Å². The second-order valence-corrected chi connectivity index (χ2v) is 3.47. The Morgan fingerprint density at radius 1 is 1.25 bits per heavy atom. The Labute approximate surface area is 66.0 Å². The maximum atomic E-state index is 10.3. The van der Waals surface area contributed by atoms with Crippen LogP contribution in [0.5, 0.6) is 0 Å². The molecule has 0 radical (unpaired) electrons. The first-order chi connectivity index (χ1) is 5.25. The molecule has 8 nitrogen and oxygen atoms in total. The highest BCUT2D eigenvalue weighted by molar-refractivity contribution is 7.53. The summed E-state index contributed by atoms with van der Waals surface area (Å²) in [6, 6.07) is 0. The van der Waals surface area contributed by atoms with Gasteiger partial charge in [-0.05, 0) is 0 Å². The van der Waals surface area contributed by atoms with E-state index < -0.39 is 25.4 Å². The van der Waals surface area contributed by atoms with Crippen LogP contribution < -0.4 is 5.32 Å². The summed E-state index contributed by atoms with van der Waals surface area (Å²) in [6.07, 6.45) is -1.81. The Bertz CT molecular complexity index is 243. The number of carbonyl (C=O) groups is 2. The third-order valence-electron chi connectivity index (χ3n) is 0.830. The van der Waals surface area contributed by atoms with Crippen LogP contribution in [0.2, 0.25) is 0 Å². The maximum absolute atomic E-state index is 10.3. The highest BCUT2D eigenvalue weighted by Gasteiger charge is 2.37. The second-order valence-electron chi connectivity index (χ2n) is 1.78. The highest BCUT2D eigenvalue weighted by atomic mass is 31.2. The van der Waals surface area contributed by atoms with Crippen molar-refractivity contribution in [3.63, 3.8) is 0 Å². The monoisotopic (exact) mass is 199 g/mol. The predicted octanol–water partition coefficient (Wildman–Crippen LogP) is -1.16. The van der Waals surface area contributed by atoms with Gasteiger partial charge in [-0.25, -0.2) is 9.59 Å². The SMILES string of the molecule is O=C(O)NC(C(=O)O)P(=O)(O)O. The summed E-state index contributed by atoms with van der Waals surface area (Å²) in [5, 5.41) is 17.3. The number of aliphatic carboxylic acids is 1. The van der Waals surface area contributed by atoms with Crippen LogP contribution in [0.15, 0.2) is 0 Å². The molecule has 9 heteroatoms. The molecule has 12 heavy (non-hydrogen) atoms. The molecule has 0 heterocycles. The molecule has 0 aliphatic heterocycles. The smallest absolute Gasteiger partial charge is 0.405 e. The van der Waals surface area contributed by atoms with Gasteiger partial charge in [0.25, 0.3) is 0 Å².